The largest absolute Gasteiger partial charge is 0.333 e. The topological polar surface area (TPSA) is 8.17 Å². The molecular weight excluding hydrogens is 773 g/mol. The molecule has 9 aromatic carbocycles. The van der Waals surface area contributed by atoms with E-state index in [-0.39, 0.29) is 6.04 Å². The molecule has 1 aromatic heterocycles. The van der Waals surface area contributed by atoms with Gasteiger partial charge in [0.15, 0.2) is 0 Å². The Hall–Kier alpha value is -7.94. The smallest absolute Gasteiger partial charge is 0.0726 e. The number of aromatic nitrogens is 1. The number of hydrogen-bond acceptors (Lipinski definition) is 1. The van der Waals surface area contributed by atoms with Crippen molar-refractivity contribution in [3.8, 4) is 44.5 Å². The van der Waals surface area contributed by atoms with E-state index >= 15 is 0 Å². The summed E-state index contributed by atoms with van der Waals surface area (Å²) in [5.74, 6) is 0.407. The fourth-order valence-electron chi connectivity index (χ4n) is 11.4. The summed E-state index contributed by atoms with van der Waals surface area (Å²) in [7, 11) is 0. The van der Waals surface area contributed by atoms with Crippen LogP contribution in [0.4, 0.5) is 17.1 Å². The van der Waals surface area contributed by atoms with Gasteiger partial charge < -0.3 is 9.47 Å². The average Bonchev–Trinajstić information content (AvgIpc) is 3.96. The molecule has 0 amide bonds. The van der Waals surface area contributed by atoms with Crippen LogP contribution >= 0.6 is 0 Å². The summed E-state index contributed by atoms with van der Waals surface area (Å²) in [6.45, 7) is 2.31. The monoisotopic (exact) mass is 816 g/mol. The SMILES string of the molecule is CC1C=CC=CC1n1c2ccccc2c2cc(-c3ccc(N(c4ccc(-c5ccccc5)cc4)c4ccc5c(c4)C4(c6ccccc6-c6ccccc64)c4ccccc4-5)cc3)ccc21. The fourth-order valence-corrected chi connectivity index (χ4v) is 11.4. The van der Waals surface area contributed by atoms with Crippen LogP contribution in [-0.2, 0) is 5.41 Å². The second-order valence-electron chi connectivity index (χ2n) is 17.7. The summed E-state index contributed by atoms with van der Waals surface area (Å²) in [5.41, 5.74) is 20.9. The summed E-state index contributed by atoms with van der Waals surface area (Å²) in [6, 6.07) is 79.4. The molecule has 1 heterocycles. The average molecular weight is 817 g/mol. The summed E-state index contributed by atoms with van der Waals surface area (Å²) in [4.78, 5) is 2.44. The lowest BCUT2D eigenvalue weighted by atomic mass is 9.70. The highest BCUT2D eigenvalue weighted by atomic mass is 15.1. The van der Waals surface area contributed by atoms with Gasteiger partial charge in [-0.2, -0.15) is 0 Å². The molecule has 0 saturated carbocycles. The minimum Gasteiger partial charge on any atom is -0.333 e. The Morgan fingerprint density at radius 2 is 0.859 bits per heavy atom. The molecule has 2 atom stereocenters. The molecule has 0 saturated heterocycles. The molecule has 0 fully saturated rings. The molecule has 3 aliphatic carbocycles. The first kappa shape index (κ1) is 36.7. The number of nitrogens with zero attached hydrogens (tertiary/aromatic N) is 2. The zero-order valence-electron chi connectivity index (χ0n) is 35.6. The van der Waals surface area contributed by atoms with Crippen LogP contribution in [0.2, 0.25) is 0 Å². The molecule has 13 rings (SSSR count). The lowest BCUT2D eigenvalue weighted by molar-refractivity contribution is 0.510. The normalized spacial score (nSPS) is 16.2. The third-order valence-corrected chi connectivity index (χ3v) is 14.3. The first-order valence-corrected chi connectivity index (χ1v) is 22.5. The molecule has 2 nitrogen and oxygen atoms in total. The lowest BCUT2D eigenvalue weighted by Gasteiger charge is -2.32. The van der Waals surface area contributed by atoms with Crippen molar-refractivity contribution in [2.75, 3.05) is 4.90 Å². The Kier molecular flexibility index (Phi) is 8.20. The van der Waals surface area contributed by atoms with E-state index in [2.05, 4.69) is 253 Å². The predicted octanol–water partition coefficient (Wildman–Crippen LogP) is 16.2. The van der Waals surface area contributed by atoms with E-state index in [0.717, 1.165) is 17.1 Å². The van der Waals surface area contributed by atoms with Crippen LogP contribution in [0.1, 0.15) is 35.2 Å². The molecular formula is C62H44N2. The first-order chi connectivity index (χ1) is 31.7. The Labute approximate surface area is 374 Å². The number of hydrogen-bond donors (Lipinski definition) is 0. The number of fused-ring (bicyclic) bond motifs is 13. The third-order valence-electron chi connectivity index (χ3n) is 14.3. The standard InChI is InChI=1S/C62H44N2/c1-41-15-5-13-25-59(41)64-60-26-14-9-21-53(60)54-39-45(31-38-61(54)64)44-29-34-47(35-30-44)63(46-32-27-43(28-33-46)42-16-3-2-4-17-42)48-36-37-52-51-20-8-12-24-57(51)62(58(52)40-48)55-22-10-6-18-49(55)50-19-7-11-23-56(50)62/h2-41,59H,1H3. The second kappa shape index (κ2) is 14.3. The van der Waals surface area contributed by atoms with Crippen molar-refractivity contribution in [2.45, 2.75) is 18.4 Å². The molecule has 10 aromatic rings. The van der Waals surface area contributed by atoms with Crippen molar-refractivity contribution < 1.29 is 0 Å². The Morgan fingerprint density at radius 1 is 0.375 bits per heavy atom. The molecule has 0 aliphatic heterocycles. The minimum atomic E-state index is -0.425. The minimum absolute atomic E-state index is 0.270. The highest BCUT2D eigenvalue weighted by Crippen LogP contribution is 2.63. The molecule has 64 heavy (non-hydrogen) atoms. The highest BCUT2D eigenvalue weighted by Gasteiger charge is 2.51. The number of para-hydroxylation sites is 1. The van der Waals surface area contributed by atoms with Gasteiger partial charge in [0.05, 0.1) is 11.5 Å². The van der Waals surface area contributed by atoms with Crippen molar-refractivity contribution in [3.63, 3.8) is 0 Å². The van der Waals surface area contributed by atoms with Crippen molar-refractivity contribution in [2.24, 2.45) is 5.92 Å². The predicted molar refractivity (Wildman–Crippen MR) is 268 cm³/mol. The van der Waals surface area contributed by atoms with Crippen LogP contribution in [0.5, 0.6) is 0 Å². The zero-order chi connectivity index (χ0) is 42.4. The molecule has 302 valence electrons. The van der Waals surface area contributed by atoms with Gasteiger partial charge in [0, 0.05) is 38.9 Å². The van der Waals surface area contributed by atoms with Crippen molar-refractivity contribution in [1.29, 1.82) is 0 Å². The highest BCUT2D eigenvalue weighted by molar-refractivity contribution is 6.09. The third kappa shape index (κ3) is 5.33. The Bertz CT molecular complexity index is 3450. The molecule has 0 radical (unpaired) electrons. The van der Waals surface area contributed by atoms with E-state index in [0.29, 0.717) is 5.92 Å². The second-order valence-corrected chi connectivity index (χ2v) is 17.7. The summed E-state index contributed by atoms with van der Waals surface area (Å²) >= 11 is 0. The quantitative estimate of drug-likeness (QED) is 0.162. The van der Waals surface area contributed by atoms with Gasteiger partial charge >= 0.3 is 0 Å². The van der Waals surface area contributed by atoms with Crippen LogP contribution in [0, 0.1) is 5.92 Å². The first-order valence-electron chi connectivity index (χ1n) is 22.5. The van der Waals surface area contributed by atoms with E-state index in [1.807, 2.05) is 0 Å². The number of rotatable bonds is 6. The molecule has 3 aliphatic rings. The van der Waals surface area contributed by atoms with Crippen LogP contribution in [0.3, 0.4) is 0 Å². The maximum atomic E-state index is 2.53. The molecule has 0 N–H and O–H groups in total. The van der Waals surface area contributed by atoms with Crippen LogP contribution < -0.4 is 4.90 Å². The summed E-state index contributed by atoms with van der Waals surface area (Å²) in [6.07, 6.45) is 9.02. The van der Waals surface area contributed by atoms with E-state index in [4.69, 9.17) is 0 Å². The molecule has 2 heteroatoms. The maximum Gasteiger partial charge on any atom is 0.0726 e. The van der Waals surface area contributed by atoms with E-state index in [1.54, 1.807) is 0 Å². The van der Waals surface area contributed by atoms with Crippen molar-refractivity contribution in [3.05, 3.63) is 259 Å². The van der Waals surface area contributed by atoms with Crippen LogP contribution in [0.25, 0.3) is 66.3 Å². The van der Waals surface area contributed by atoms with Gasteiger partial charge in [-0.1, -0.05) is 189 Å². The Morgan fingerprint density at radius 3 is 1.50 bits per heavy atom. The van der Waals surface area contributed by atoms with Crippen LogP contribution in [-0.4, -0.2) is 4.57 Å². The molecule has 0 bridgehead atoms. The van der Waals surface area contributed by atoms with Gasteiger partial charge in [0.1, 0.15) is 0 Å². The Balaban J connectivity index is 0.960. The van der Waals surface area contributed by atoms with Gasteiger partial charge in [-0.25, -0.2) is 0 Å². The summed E-state index contributed by atoms with van der Waals surface area (Å²) < 4.78 is 2.53. The van der Waals surface area contributed by atoms with Gasteiger partial charge in [0.2, 0.25) is 0 Å². The van der Waals surface area contributed by atoms with Gasteiger partial charge in [0.25, 0.3) is 0 Å². The van der Waals surface area contributed by atoms with E-state index < -0.39 is 5.41 Å². The van der Waals surface area contributed by atoms with Gasteiger partial charge in [-0.3, -0.25) is 0 Å². The zero-order valence-corrected chi connectivity index (χ0v) is 35.6. The maximum absolute atomic E-state index is 2.53. The number of allylic oxidation sites excluding steroid dienone is 4. The van der Waals surface area contributed by atoms with Gasteiger partial charge in [-0.15, -0.1) is 0 Å². The summed E-state index contributed by atoms with van der Waals surface area (Å²) in [5, 5.41) is 2.58. The van der Waals surface area contributed by atoms with Crippen LogP contribution in [0.15, 0.2) is 237 Å². The molecule has 1 spiro atoms. The number of benzene rings is 9. The fraction of sp³-hybridized carbons (Fsp3) is 0.0645. The van der Waals surface area contributed by atoms with Crippen molar-refractivity contribution >= 4 is 38.9 Å². The van der Waals surface area contributed by atoms with Crippen molar-refractivity contribution in [1.82, 2.24) is 4.57 Å². The molecule has 2 unspecified atom stereocenters. The lowest BCUT2D eigenvalue weighted by Crippen LogP contribution is -2.26. The van der Waals surface area contributed by atoms with E-state index in [1.165, 1.54) is 88.6 Å². The van der Waals surface area contributed by atoms with Gasteiger partial charge in [-0.05, 0) is 127 Å². The van der Waals surface area contributed by atoms with E-state index in [9.17, 15) is 0 Å². The number of anilines is 3.